The van der Waals surface area contributed by atoms with Gasteiger partial charge in [0.2, 0.25) is 0 Å². The van der Waals surface area contributed by atoms with E-state index >= 15 is 0 Å². The SMILES string of the molecule is O=C1[C@H]2C[C@@H](CC1(Br)Br)C(=O)C(Br)(Br)C2. The van der Waals surface area contributed by atoms with Crippen LogP contribution >= 0.6 is 63.7 Å². The highest BCUT2D eigenvalue weighted by atomic mass is 79.9. The summed E-state index contributed by atoms with van der Waals surface area (Å²) in [4.78, 5) is 24.0. The highest BCUT2D eigenvalue weighted by molar-refractivity contribution is 9.26. The molecule has 0 amide bonds. The van der Waals surface area contributed by atoms with Crippen molar-refractivity contribution in [3.8, 4) is 0 Å². The Bertz CT molecular complexity index is 305. The third-order valence-electron chi connectivity index (χ3n) is 3.04. The number of hydrogen-bond donors (Lipinski definition) is 0. The van der Waals surface area contributed by atoms with E-state index in [0.717, 1.165) is 0 Å². The Morgan fingerprint density at radius 3 is 1.53 bits per heavy atom. The molecule has 84 valence electrons. The van der Waals surface area contributed by atoms with Crippen LogP contribution in [-0.4, -0.2) is 18.0 Å². The molecular weight excluding hydrogens is 460 g/mol. The Balaban J connectivity index is 2.34. The fourth-order valence-corrected chi connectivity index (χ4v) is 5.19. The molecule has 2 fully saturated rings. The molecule has 2 rings (SSSR count). The molecule has 0 spiro atoms. The van der Waals surface area contributed by atoms with Gasteiger partial charge in [0.25, 0.3) is 0 Å². The van der Waals surface area contributed by atoms with Gasteiger partial charge in [0.05, 0.1) is 0 Å². The summed E-state index contributed by atoms with van der Waals surface area (Å²) < 4.78 is -1.39. The van der Waals surface area contributed by atoms with E-state index in [1.54, 1.807) is 0 Å². The molecule has 6 heteroatoms. The first-order valence-electron chi connectivity index (χ1n) is 4.58. The van der Waals surface area contributed by atoms with Crippen molar-refractivity contribution in [2.45, 2.75) is 25.7 Å². The van der Waals surface area contributed by atoms with Crippen molar-refractivity contribution in [3.05, 3.63) is 0 Å². The van der Waals surface area contributed by atoms with E-state index < -0.39 is 6.47 Å². The second kappa shape index (κ2) is 3.89. The van der Waals surface area contributed by atoms with Crippen molar-refractivity contribution in [2.75, 3.05) is 0 Å². The number of fused-ring (bicyclic) bond motifs is 2. The topological polar surface area (TPSA) is 34.1 Å². The number of rotatable bonds is 0. The van der Waals surface area contributed by atoms with Crippen LogP contribution in [0.4, 0.5) is 0 Å². The zero-order valence-electron chi connectivity index (χ0n) is 7.60. The molecule has 0 radical (unpaired) electrons. The van der Waals surface area contributed by atoms with Gasteiger partial charge in [-0.05, 0) is 19.3 Å². The minimum Gasteiger partial charge on any atom is -0.297 e. The third kappa shape index (κ3) is 2.16. The van der Waals surface area contributed by atoms with Crippen LogP contribution in [0.1, 0.15) is 19.3 Å². The van der Waals surface area contributed by atoms with E-state index in [4.69, 9.17) is 0 Å². The predicted molar refractivity (Wildman–Crippen MR) is 72.0 cm³/mol. The van der Waals surface area contributed by atoms with Gasteiger partial charge in [-0.3, -0.25) is 9.59 Å². The molecule has 2 nitrogen and oxygen atoms in total. The van der Waals surface area contributed by atoms with E-state index in [1.807, 2.05) is 0 Å². The average Bonchev–Trinajstić information content (AvgIpc) is 2.09. The molecule has 0 N–H and O–H groups in total. The minimum atomic E-state index is -0.695. The van der Waals surface area contributed by atoms with E-state index in [0.29, 0.717) is 19.3 Å². The summed E-state index contributed by atoms with van der Waals surface area (Å²) >= 11 is 13.5. The maximum Gasteiger partial charge on any atom is 0.163 e. The zero-order valence-corrected chi connectivity index (χ0v) is 13.9. The maximum atomic E-state index is 12.0. The summed E-state index contributed by atoms with van der Waals surface area (Å²) in [5, 5.41) is 0. The zero-order chi connectivity index (χ0) is 11.4. The number of hydrogen-bond acceptors (Lipinski definition) is 2. The van der Waals surface area contributed by atoms with E-state index in [9.17, 15) is 9.59 Å². The van der Waals surface area contributed by atoms with Crippen LogP contribution in [0, 0.1) is 11.8 Å². The van der Waals surface area contributed by atoms with Crippen LogP contribution < -0.4 is 0 Å². The van der Waals surface area contributed by atoms with Crippen molar-refractivity contribution in [1.82, 2.24) is 0 Å². The molecule has 0 aliphatic heterocycles. The van der Waals surface area contributed by atoms with Crippen LogP contribution in [-0.2, 0) is 9.59 Å². The van der Waals surface area contributed by atoms with Crippen LogP contribution in [0.5, 0.6) is 0 Å². The molecule has 0 saturated heterocycles. The van der Waals surface area contributed by atoms with Gasteiger partial charge in [0.1, 0.15) is 6.47 Å². The van der Waals surface area contributed by atoms with E-state index in [2.05, 4.69) is 63.7 Å². The molecule has 2 bridgehead atoms. The van der Waals surface area contributed by atoms with Gasteiger partial charge >= 0.3 is 0 Å². The van der Waals surface area contributed by atoms with Gasteiger partial charge in [0, 0.05) is 11.8 Å². The molecule has 2 aliphatic rings. The fraction of sp³-hybridized carbons (Fsp3) is 0.778. The van der Waals surface area contributed by atoms with Gasteiger partial charge in [-0.2, -0.15) is 0 Å². The fourth-order valence-electron chi connectivity index (χ4n) is 2.33. The van der Waals surface area contributed by atoms with Crippen LogP contribution in [0.3, 0.4) is 0 Å². The lowest BCUT2D eigenvalue weighted by atomic mass is 9.71. The average molecular weight is 468 g/mol. The summed E-state index contributed by atoms with van der Waals surface area (Å²) in [7, 11) is 0. The number of carbonyl (C=O) groups excluding carboxylic acids is 2. The normalized spacial score (nSPS) is 37.9. The molecule has 0 aromatic carbocycles. The lowest BCUT2D eigenvalue weighted by Crippen LogP contribution is -2.51. The standard InChI is InChI=1S/C9H8Br4O2/c10-8(11)2-4-1-5(7(8)15)3-9(12,13)6(4)14/h4-5H,1-3H2/t4-,5-/m0/s1. The number of carbonyl (C=O) groups is 2. The van der Waals surface area contributed by atoms with Gasteiger partial charge < -0.3 is 0 Å². The van der Waals surface area contributed by atoms with Crippen molar-refractivity contribution < 1.29 is 9.59 Å². The number of ketones is 2. The maximum absolute atomic E-state index is 12.0. The molecule has 2 aliphatic carbocycles. The smallest absolute Gasteiger partial charge is 0.163 e. The van der Waals surface area contributed by atoms with Crippen molar-refractivity contribution in [3.63, 3.8) is 0 Å². The van der Waals surface area contributed by atoms with Crippen LogP contribution in [0.2, 0.25) is 0 Å². The van der Waals surface area contributed by atoms with Gasteiger partial charge in [-0.1, -0.05) is 63.7 Å². The Morgan fingerprint density at radius 1 is 0.867 bits per heavy atom. The molecule has 0 aromatic heterocycles. The molecule has 15 heavy (non-hydrogen) atoms. The first-order valence-corrected chi connectivity index (χ1v) is 7.75. The molecule has 2 atom stereocenters. The van der Waals surface area contributed by atoms with Crippen molar-refractivity contribution >= 4 is 75.3 Å². The van der Waals surface area contributed by atoms with E-state index in [1.165, 1.54) is 0 Å². The second-order valence-corrected chi connectivity index (χ2v) is 11.7. The monoisotopic (exact) mass is 464 g/mol. The van der Waals surface area contributed by atoms with Crippen molar-refractivity contribution in [1.29, 1.82) is 0 Å². The largest absolute Gasteiger partial charge is 0.297 e. The minimum absolute atomic E-state index is 0.0565. The molecule has 0 aromatic rings. The van der Waals surface area contributed by atoms with Crippen LogP contribution in [0.25, 0.3) is 0 Å². The number of alkyl halides is 4. The van der Waals surface area contributed by atoms with Gasteiger partial charge in [-0.25, -0.2) is 0 Å². The highest BCUT2D eigenvalue weighted by Crippen LogP contribution is 2.53. The Kier molecular flexibility index (Phi) is 3.29. The third-order valence-corrected chi connectivity index (χ3v) is 5.90. The summed E-state index contributed by atoms with van der Waals surface area (Å²) in [6.45, 7) is 0. The molecule has 0 unspecified atom stereocenters. The lowest BCUT2D eigenvalue weighted by Gasteiger charge is -2.43. The summed E-state index contributed by atoms with van der Waals surface area (Å²) in [5.74, 6) is 0.182. The first kappa shape index (κ1) is 12.7. The Hall–Kier alpha value is 1.26. The predicted octanol–water partition coefficient (Wildman–Crippen LogP) is 3.53. The first-order chi connectivity index (χ1) is 6.74. The molecule has 0 heterocycles. The quantitative estimate of drug-likeness (QED) is 0.511. The van der Waals surface area contributed by atoms with E-state index in [-0.39, 0.29) is 23.4 Å². The summed E-state index contributed by atoms with van der Waals surface area (Å²) in [5.41, 5.74) is 0. The van der Waals surface area contributed by atoms with Crippen molar-refractivity contribution in [2.24, 2.45) is 11.8 Å². The van der Waals surface area contributed by atoms with Gasteiger partial charge in [0.15, 0.2) is 11.6 Å². The Morgan fingerprint density at radius 2 is 1.20 bits per heavy atom. The second-order valence-electron chi connectivity index (χ2n) is 4.18. The summed E-state index contributed by atoms with van der Waals surface area (Å²) in [6, 6.07) is 0. The number of halogens is 4. The van der Waals surface area contributed by atoms with Gasteiger partial charge in [-0.15, -0.1) is 0 Å². The highest BCUT2D eigenvalue weighted by Gasteiger charge is 2.55. The summed E-state index contributed by atoms with van der Waals surface area (Å²) in [6.07, 6.45) is 1.75. The number of Topliss-reactive ketones (excluding diaryl/α,β-unsaturated/α-hetero) is 2. The molecular formula is C9H8Br4O2. The Labute approximate surface area is 121 Å². The lowest BCUT2D eigenvalue weighted by molar-refractivity contribution is -0.134. The van der Waals surface area contributed by atoms with Crippen LogP contribution in [0.15, 0.2) is 0 Å². The molecule has 2 saturated carbocycles.